The molecular formula is C14H14N4O2S. The van der Waals surface area contributed by atoms with Crippen molar-refractivity contribution in [2.45, 2.75) is 18.4 Å². The summed E-state index contributed by atoms with van der Waals surface area (Å²) in [5.74, 6) is 0.448. The molecule has 0 atom stereocenters. The van der Waals surface area contributed by atoms with Crippen LogP contribution < -0.4 is 4.72 Å². The summed E-state index contributed by atoms with van der Waals surface area (Å²) in [6.07, 6.45) is 4.79. The van der Waals surface area contributed by atoms with Gasteiger partial charge in [-0.3, -0.25) is 9.71 Å². The van der Waals surface area contributed by atoms with Crippen LogP contribution in [0.4, 0.5) is 5.82 Å². The standard InChI is InChI=1S/C14H14N4O2S/c1-2-18-14(7-9-16-18)17-21(19,20)13-5-3-4-11-10-15-8-6-12(11)13/h3-10,17H,2H2,1H3. The molecule has 6 nitrogen and oxygen atoms in total. The minimum absolute atomic E-state index is 0.228. The highest BCUT2D eigenvalue weighted by atomic mass is 32.2. The van der Waals surface area contributed by atoms with Crippen molar-refractivity contribution in [1.82, 2.24) is 14.8 Å². The lowest BCUT2D eigenvalue weighted by molar-refractivity contribution is 0.600. The lowest BCUT2D eigenvalue weighted by atomic mass is 10.2. The Morgan fingerprint density at radius 3 is 2.86 bits per heavy atom. The van der Waals surface area contributed by atoms with E-state index in [0.717, 1.165) is 5.39 Å². The molecule has 0 bridgehead atoms. The van der Waals surface area contributed by atoms with E-state index < -0.39 is 10.0 Å². The average molecular weight is 302 g/mol. The van der Waals surface area contributed by atoms with E-state index in [0.29, 0.717) is 17.7 Å². The van der Waals surface area contributed by atoms with Crippen molar-refractivity contribution >= 4 is 26.6 Å². The van der Waals surface area contributed by atoms with Crippen molar-refractivity contribution < 1.29 is 8.42 Å². The third kappa shape index (κ3) is 2.47. The normalized spacial score (nSPS) is 11.7. The second-order valence-corrected chi connectivity index (χ2v) is 6.14. The third-order valence-electron chi connectivity index (χ3n) is 3.19. The maximum absolute atomic E-state index is 12.6. The van der Waals surface area contributed by atoms with E-state index in [-0.39, 0.29) is 4.90 Å². The molecule has 0 saturated carbocycles. The largest absolute Gasteiger partial charge is 0.264 e. The van der Waals surface area contributed by atoms with Crippen LogP contribution in [0.25, 0.3) is 10.8 Å². The molecule has 0 saturated heterocycles. The van der Waals surface area contributed by atoms with E-state index in [1.807, 2.05) is 13.0 Å². The average Bonchev–Trinajstić information content (AvgIpc) is 2.93. The van der Waals surface area contributed by atoms with Crippen molar-refractivity contribution in [1.29, 1.82) is 0 Å². The van der Waals surface area contributed by atoms with E-state index in [2.05, 4.69) is 14.8 Å². The van der Waals surface area contributed by atoms with Gasteiger partial charge in [-0.05, 0) is 19.1 Å². The molecule has 0 aliphatic rings. The summed E-state index contributed by atoms with van der Waals surface area (Å²) >= 11 is 0. The molecule has 108 valence electrons. The lowest BCUT2D eigenvalue weighted by Gasteiger charge is -2.11. The zero-order valence-corrected chi connectivity index (χ0v) is 12.2. The molecule has 7 heteroatoms. The fraction of sp³-hybridized carbons (Fsp3) is 0.143. The van der Waals surface area contributed by atoms with Gasteiger partial charge in [0.15, 0.2) is 0 Å². The van der Waals surface area contributed by atoms with Crippen LogP contribution >= 0.6 is 0 Å². The van der Waals surface area contributed by atoms with Crippen LogP contribution in [0.5, 0.6) is 0 Å². The van der Waals surface area contributed by atoms with Crippen molar-refractivity contribution in [3.05, 3.63) is 48.9 Å². The maximum Gasteiger partial charge on any atom is 0.263 e. The number of rotatable bonds is 4. The second-order valence-electron chi connectivity index (χ2n) is 4.49. The number of anilines is 1. The van der Waals surface area contributed by atoms with E-state index in [4.69, 9.17) is 0 Å². The molecule has 0 aliphatic carbocycles. The highest BCUT2D eigenvalue weighted by Gasteiger charge is 2.18. The van der Waals surface area contributed by atoms with Gasteiger partial charge >= 0.3 is 0 Å². The summed E-state index contributed by atoms with van der Waals surface area (Å²) in [5, 5.41) is 5.48. The first-order chi connectivity index (χ1) is 10.1. The lowest BCUT2D eigenvalue weighted by Crippen LogP contribution is -2.16. The quantitative estimate of drug-likeness (QED) is 0.802. The Morgan fingerprint density at radius 1 is 1.19 bits per heavy atom. The maximum atomic E-state index is 12.6. The van der Waals surface area contributed by atoms with Crippen LogP contribution in [0.3, 0.4) is 0 Å². The number of sulfonamides is 1. The number of aryl methyl sites for hydroxylation is 1. The summed E-state index contributed by atoms with van der Waals surface area (Å²) in [4.78, 5) is 4.24. The Kier molecular flexibility index (Phi) is 3.34. The van der Waals surface area contributed by atoms with Gasteiger partial charge < -0.3 is 0 Å². The van der Waals surface area contributed by atoms with E-state index in [1.165, 1.54) is 0 Å². The van der Waals surface area contributed by atoms with Gasteiger partial charge in [-0.15, -0.1) is 0 Å². The topological polar surface area (TPSA) is 76.9 Å². The van der Waals surface area contributed by atoms with Crippen LogP contribution in [-0.2, 0) is 16.6 Å². The Labute approximate surface area is 122 Å². The molecular weight excluding hydrogens is 288 g/mol. The van der Waals surface area contributed by atoms with Gasteiger partial charge in [0, 0.05) is 35.8 Å². The zero-order valence-electron chi connectivity index (χ0n) is 11.4. The van der Waals surface area contributed by atoms with E-state index >= 15 is 0 Å². The Morgan fingerprint density at radius 2 is 2.05 bits per heavy atom. The summed E-state index contributed by atoms with van der Waals surface area (Å²) in [6.45, 7) is 2.48. The highest BCUT2D eigenvalue weighted by Crippen LogP contribution is 2.24. The Bertz CT molecular complexity index is 881. The molecule has 0 fully saturated rings. The fourth-order valence-electron chi connectivity index (χ4n) is 2.19. The van der Waals surface area contributed by atoms with Crippen LogP contribution in [0, 0.1) is 0 Å². The number of aromatic nitrogens is 3. The van der Waals surface area contributed by atoms with Crippen LogP contribution in [0.15, 0.2) is 53.8 Å². The molecule has 1 aromatic carbocycles. The van der Waals surface area contributed by atoms with Gasteiger partial charge in [-0.2, -0.15) is 5.10 Å². The molecule has 3 aromatic rings. The second kappa shape index (κ2) is 5.17. The summed E-state index contributed by atoms with van der Waals surface area (Å²) in [7, 11) is -3.68. The van der Waals surface area contributed by atoms with Crippen molar-refractivity contribution in [2.75, 3.05) is 4.72 Å². The molecule has 3 rings (SSSR count). The molecule has 0 radical (unpaired) electrons. The molecule has 2 aromatic heterocycles. The smallest absolute Gasteiger partial charge is 0.263 e. The molecule has 2 heterocycles. The molecule has 0 aliphatic heterocycles. The predicted octanol–water partition coefficient (Wildman–Crippen LogP) is 2.25. The summed E-state index contributed by atoms with van der Waals surface area (Å²) < 4.78 is 29.4. The minimum atomic E-state index is -3.68. The van der Waals surface area contributed by atoms with Crippen LogP contribution in [0.2, 0.25) is 0 Å². The summed E-state index contributed by atoms with van der Waals surface area (Å²) in [5.41, 5.74) is 0. The van der Waals surface area contributed by atoms with E-state index in [1.54, 1.807) is 47.5 Å². The predicted molar refractivity (Wildman–Crippen MR) is 80.5 cm³/mol. The van der Waals surface area contributed by atoms with Gasteiger partial charge in [-0.25, -0.2) is 13.1 Å². The number of hydrogen-bond donors (Lipinski definition) is 1. The van der Waals surface area contributed by atoms with Crippen LogP contribution in [0.1, 0.15) is 6.92 Å². The number of nitrogens with one attached hydrogen (secondary N) is 1. The Hall–Kier alpha value is -2.41. The molecule has 21 heavy (non-hydrogen) atoms. The highest BCUT2D eigenvalue weighted by molar-refractivity contribution is 7.93. The van der Waals surface area contributed by atoms with Crippen molar-refractivity contribution in [3.8, 4) is 0 Å². The molecule has 0 spiro atoms. The number of nitrogens with zero attached hydrogens (tertiary/aromatic N) is 3. The first kappa shape index (κ1) is 13.6. The minimum Gasteiger partial charge on any atom is -0.264 e. The molecule has 0 unspecified atom stereocenters. The third-order valence-corrected chi connectivity index (χ3v) is 4.60. The molecule has 1 N–H and O–H groups in total. The van der Waals surface area contributed by atoms with Crippen LogP contribution in [-0.4, -0.2) is 23.2 Å². The Balaban J connectivity index is 2.09. The van der Waals surface area contributed by atoms with Crippen molar-refractivity contribution in [2.24, 2.45) is 0 Å². The monoisotopic (exact) mass is 302 g/mol. The molecule has 0 amide bonds. The SMILES string of the molecule is CCn1nccc1NS(=O)(=O)c1cccc2cnccc12. The fourth-order valence-corrected chi connectivity index (χ4v) is 3.48. The van der Waals surface area contributed by atoms with Gasteiger partial charge in [-0.1, -0.05) is 12.1 Å². The van der Waals surface area contributed by atoms with Gasteiger partial charge in [0.1, 0.15) is 5.82 Å². The number of benzene rings is 1. The summed E-state index contributed by atoms with van der Waals surface area (Å²) in [6, 6.07) is 8.44. The van der Waals surface area contributed by atoms with Gasteiger partial charge in [0.2, 0.25) is 0 Å². The first-order valence-electron chi connectivity index (χ1n) is 6.49. The van der Waals surface area contributed by atoms with Crippen molar-refractivity contribution in [3.63, 3.8) is 0 Å². The number of fused-ring (bicyclic) bond motifs is 1. The van der Waals surface area contributed by atoms with Gasteiger partial charge in [0.05, 0.1) is 11.1 Å². The van der Waals surface area contributed by atoms with E-state index in [9.17, 15) is 8.42 Å². The zero-order chi connectivity index (χ0) is 14.9. The first-order valence-corrected chi connectivity index (χ1v) is 7.97. The van der Waals surface area contributed by atoms with Gasteiger partial charge in [0.25, 0.3) is 10.0 Å². The number of hydrogen-bond acceptors (Lipinski definition) is 4. The number of pyridine rings is 1.